The van der Waals surface area contributed by atoms with Crippen LogP contribution in [0, 0.1) is 17.9 Å². The van der Waals surface area contributed by atoms with Crippen LogP contribution in [0.5, 0.6) is 6.01 Å². The van der Waals surface area contributed by atoms with Gasteiger partial charge in [0.05, 0.1) is 97.0 Å². The number of benzene rings is 2. The average molecular weight is 1470 g/mol. The molecular weight excluding hydrogens is 1360 g/mol. The standard InChI is InChI=1S/C79H111N19O9/c1-11-16-21-26-31-36-41-103-73(99)57-46-58(74(100)104-42-37-32-27-22-17-12-2)49-62(48-57)95-71(61(52-80)53-84-95)91-89-67-65(55(6)7)93-97(69(67)81)77-86-78(88-79(87-77)107-45-40-35-30-25-20-15-5)98-70(82)68(66(94-98)56(8)9)90-92-72-64(83-10)54-85-96(72)63-50-59(75(101)105-43-38-33-28-23-18-13-3)47-60(51-63)76(102)106-44-39-34-29-24-19-14-4/h46-51,53-56H,11-45,81-82H2,1-9H3. The van der Waals surface area contributed by atoms with Crippen LogP contribution in [-0.4, -0.2) is 111 Å². The Hall–Kier alpha value is -10.2. The van der Waals surface area contributed by atoms with Crippen LogP contribution < -0.4 is 16.2 Å². The molecule has 0 amide bonds. The summed E-state index contributed by atoms with van der Waals surface area (Å²) in [6.07, 6.45) is 32.4. The topological polar surface area (TPSA) is 354 Å². The number of nitrogens with zero attached hydrogens (tertiary/aromatic N) is 17. The zero-order valence-corrected chi connectivity index (χ0v) is 64.5. The van der Waals surface area contributed by atoms with Crippen molar-refractivity contribution in [1.29, 1.82) is 5.26 Å². The first-order chi connectivity index (χ1) is 52.0. The smallest absolute Gasteiger partial charge is 0.338 e. The molecule has 0 fully saturated rings. The summed E-state index contributed by atoms with van der Waals surface area (Å²) in [4.78, 5) is 73.3. The molecule has 0 saturated carbocycles. The molecule has 0 unspecified atom stereocenters. The van der Waals surface area contributed by atoms with Gasteiger partial charge in [-0.2, -0.15) is 50.0 Å². The van der Waals surface area contributed by atoms with E-state index in [4.69, 9.17) is 66.9 Å². The number of hydrogen-bond donors (Lipinski definition) is 2. The highest BCUT2D eigenvalue weighted by molar-refractivity contribution is 5.97. The van der Waals surface area contributed by atoms with Crippen LogP contribution in [0.3, 0.4) is 0 Å². The van der Waals surface area contributed by atoms with Crippen molar-refractivity contribution in [2.45, 2.75) is 267 Å². The number of esters is 4. The minimum atomic E-state index is -0.646. The monoisotopic (exact) mass is 1470 g/mol. The van der Waals surface area contributed by atoms with Gasteiger partial charge in [-0.05, 0) is 80.3 Å². The summed E-state index contributed by atoms with van der Waals surface area (Å²) in [5.41, 5.74) is 15.8. The van der Waals surface area contributed by atoms with Gasteiger partial charge in [0.2, 0.25) is 0 Å². The number of hydrogen-bond acceptors (Lipinski definition) is 23. The maximum atomic E-state index is 13.8. The van der Waals surface area contributed by atoms with Crippen molar-refractivity contribution < 1.29 is 42.9 Å². The molecule has 2 aromatic carbocycles. The van der Waals surface area contributed by atoms with Gasteiger partial charge < -0.3 is 35.2 Å². The van der Waals surface area contributed by atoms with Crippen LogP contribution in [0.15, 0.2) is 69.2 Å². The quantitative estimate of drug-likeness (QED) is 0.0118. The Morgan fingerprint density at radius 2 is 0.776 bits per heavy atom. The molecule has 0 radical (unpaired) electrons. The molecule has 0 atom stereocenters. The molecule has 28 nitrogen and oxygen atoms in total. The normalized spacial score (nSPS) is 11.5. The first-order valence-electron chi connectivity index (χ1n) is 38.9. The molecule has 107 heavy (non-hydrogen) atoms. The van der Waals surface area contributed by atoms with Gasteiger partial charge in [-0.25, -0.2) is 33.4 Å². The van der Waals surface area contributed by atoms with Crippen molar-refractivity contribution in [3.8, 4) is 35.4 Å². The Morgan fingerprint density at radius 3 is 1.12 bits per heavy atom. The summed E-state index contributed by atoms with van der Waals surface area (Å²) in [6, 6.07) is 11.0. The van der Waals surface area contributed by atoms with Crippen molar-refractivity contribution in [1.82, 2.24) is 54.1 Å². The number of carbonyl (C=O) groups is 4. The summed E-state index contributed by atoms with van der Waals surface area (Å²) < 4.78 is 34.4. The summed E-state index contributed by atoms with van der Waals surface area (Å²) in [5, 5.41) is 47.9. The molecule has 7 rings (SSSR count). The van der Waals surface area contributed by atoms with E-state index in [2.05, 4.69) is 76.2 Å². The molecule has 0 bridgehead atoms. The van der Waals surface area contributed by atoms with Gasteiger partial charge in [0.15, 0.2) is 34.6 Å². The molecule has 5 heterocycles. The van der Waals surface area contributed by atoms with Gasteiger partial charge in [0, 0.05) is 0 Å². The van der Waals surface area contributed by atoms with Gasteiger partial charge in [-0.1, -0.05) is 223 Å². The van der Waals surface area contributed by atoms with Crippen LogP contribution in [0.1, 0.15) is 325 Å². The summed E-state index contributed by atoms with van der Waals surface area (Å²) in [5.74, 6) is -3.76. The van der Waals surface area contributed by atoms with Gasteiger partial charge in [-0.3, -0.25) is 0 Å². The number of unbranched alkanes of at least 4 members (excludes halogenated alkanes) is 25. The SMILES string of the molecule is [C-]#[N+]c1cnn(-c2cc(C(=O)OCCCCCCCC)cc(C(=O)OCCCCCCCC)c2)c1N=Nc1c(C(C)C)nn(-c2nc(OCCCCCCCC)nc(-n3nc(C(C)C)c(N=Nc4c(C#N)cnn4-c4cc(C(=O)OCCCCCCCC)cc(C(=O)OCCCCCCCC)c4)c3N)n2)c1N. The van der Waals surface area contributed by atoms with Crippen molar-refractivity contribution in [2.24, 2.45) is 20.5 Å². The molecule has 4 N–H and O–H groups in total. The first-order valence-corrected chi connectivity index (χ1v) is 38.9. The molecule has 0 aliphatic carbocycles. The summed E-state index contributed by atoms with van der Waals surface area (Å²) in [6.45, 7) is 27.5. The van der Waals surface area contributed by atoms with E-state index in [9.17, 15) is 24.4 Å². The van der Waals surface area contributed by atoms with Crippen LogP contribution >= 0.6 is 0 Å². The second-order valence-electron chi connectivity index (χ2n) is 27.5. The Bertz CT molecular complexity index is 3790. The highest BCUT2D eigenvalue weighted by Crippen LogP contribution is 2.40. The first kappa shape index (κ1) is 84.0. The van der Waals surface area contributed by atoms with Crippen LogP contribution in [0.2, 0.25) is 0 Å². The molecule has 0 saturated heterocycles. The number of carbonyl (C=O) groups excluding carboxylic acids is 4. The third kappa shape index (κ3) is 25.2. The van der Waals surface area contributed by atoms with E-state index in [1.54, 1.807) is 0 Å². The molecule has 576 valence electrons. The number of ether oxygens (including phenoxy) is 5. The van der Waals surface area contributed by atoms with Gasteiger partial charge in [0.25, 0.3) is 17.6 Å². The van der Waals surface area contributed by atoms with Gasteiger partial charge >= 0.3 is 29.9 Å². The van der Waals surface area contributed by atoms with E-state index < -0.39 is 23.9 Å². The number of anilines is 2. The van der Waals surface area contributed by atoms with Crippen LogP contribution in [0.4, 0.5) is 40.3 Å². The lowest BCUT2D eigenvalue weighted by atomic mass is 10.1. The van der Waals surface area contributed by atoms with E-state index in [1.807, 2.05) is 27.7 Å². The Kier molecular flexibility index (Phi) is 35.6. The predicted octanol–water partition coefficient (Wildman–Crippen LogP) is 20.1. The zero-order valence-electron chi connectivity index (χ0n) is 64.5. The van der Waals surface area contributed by atoms with E-state index >= 15 is 0 Å². The number of aromatic nitrogens is 11. The zero-order chi connectivity index (χ0) is 76.9. The number of nitrogens with two attached hydrogens (primary N) is 2. The average Bonchev–Trinajstić information content (AvgIpc) is 1.64. The molecule has 0 aliphatic heterocycles. The third-order valence-electron chi connectivity index (χ3n) is 18.0. The second kappa shape index (κ2) is 45.3. The lowest BCUT2D eigenvalue weighted by molar-refractivity contribution is 0.0477. The minimum absolute atomic E-state index is 0.00581. The number of rotatable bonds is 50. The number of azo groups is 2. The number of nitrogen functional groups attached to an aromatic ring is 2. The fraction of sp³-hybridized carbons (Fsp3) is 0.582. The van der Waals surface area contributed by atoms with E-state index in [-0.39, 0.29) is 142 Å². The Morgan fingerprint density at radius 1 is 0.449 bits per heavy atom. The highest BCUT2D eigenvalue weighted by atomic mass is 16.5. The fourth-order valence-corrected chi connectivity index (χ4v) is 11.9. The largest absolute Gasteiger partial charge is 0.463 e. The van der Waals surface area contributed by atoms with Crippen molar-refractivity contribution in [3.05, 3.63) is 99.4 Å². The van der Waals surface area contributed by atoms with Crippen molar-refractivity contribution in [2.75, 3.05) is 44.5 Å². The molecule has 7 aromatic rings. The molecule has 5 aromatic heterocycles. The molecular formula is C79H111N19O9. The van der Waals surface area contributed by atoms with Gasteiger partial charge in [0.1, 0.15) is 11.6 Å². The Labute approximate surface area is 630 Å². The maximum Gasteiger partial charge on any atom is 0.338 e. The van der Waals surface area contributed by atoms with Crippen molar-refractivity contribution >= 4 is 64.2 Å². The summed E-state index contributed by atoms with van der Waals surface area (Å²) >= 11 is 0. The highest BCUT2D eigenvalue weighted by Gasteiger charge is 2.28. The van der Waals surface area contributed by atoms with E-state index in [0.29, 0.717) is 43.5 Å². The van der Waals surface area contributed by atoms with E-state index in [0.717, 1.165) is 161 Å². The lowest BCUT2D eigenvalue weighted by Gasteiger charge is -2.12. The minimum Gasteiger partial charge on any atom is -0.463 e. The molecule has 28 heteroatoms. The van der Waals surface area contributed by atoms with Crippen LogP contribution in [-0.2, 0) is 18.9 Å². The summed E-state index contributed by atoms with van der Waals surface area (Å²) in [7, 11) is 0. The van der Waals surface area contributed by atoms with E-state index in [1.165, 1.54) is 67.5 Å². The van der Waals surface area contributed by atoms with Crippen LogP contribution in [0.25, 0.3) is 28.1 Å². The molecule has 0 spiro atoms. The predicted molar refractivity (Wildman–Crippen MR) is 411 cm³/mol. The Balaban J connectivity index is 1.27. The lowest BCUT2D eigenvalue weighted by Crippen LogP contribution is -2.15. The molecule has 0 aliphatic rings. The number of nitriles is 1. The second-order valence-corrected chi connectivity index (χ2v) is 27.5. The fourth-order valence-electron chi connectivity index (χ4n) is 11.9. The third-order valence-corrected chi connectivity index (χ3v) is 18.0. The van der Waals surface area contributed by atoms with Crippen molar-refractivity contribution in [3.63, 3.8) is 0 Å². The maximum absolute atomic E-state index is 13.8. The van der Waals surface area contributed by atoms with Gasteiger partial charge in [-0.15, -0.1) is 20.5 Å².